The molecule has 2 unspecified atom stereocenters. The maximum absolute atomic E-state index is 12.7. The largest absolute Gasteiger partial charge is 0.389 e. The van der Waals surface area contributed by atoms with Crippen molar-refractivity contribution in [3.63, 3.8) is 0 Å². The number of piperazine rings is 1. The first kappa shape index (κ1) is 15.9. The van der Waals surface area contributed by atoms with Gasteiger partial charge in [-0.15, -0.1) is 0 Å². The lowest BCUT2D eigenvalue weighted by atomic mass is 10.1. The Hall–Kier alpha value is -1.44. The summed E-state index contributed by atoms with van der Waals surface area (Å²) < 4.78 is 26.6. The van der Waals surface area contributed by atoms with Gasteiger partial charge in [0, 0.05) is 13.1 Å². The molecule has 0 bridgehead atoms. The van der Waals surface area contributed by atoms with Crippen LogP contribution in [0.25, 0.3) is 0 Å². The van der Waals surface area contributed by atoms with Gasteiger partial charge in [0.25, 0.3) is 0 Å². The maximum Gasteiger partial charge on any atom is 0.243 e. The summed E-state index contributed by atoms with van der Waals surface area (Å²) in [5.41, 5.74) is 0.650. The second-order valence-electron chi connectivity index (χ2n) is 5.08. The minimum Gasteiger partial charge on any atom is -0.389 e. The fourth-order valence-corrected chi connectivity index (χ4v) is 4.09. The topological polar surface area (TPSA) is 86.7 Å². The lowest BCUT2D eigenvalue weighted by Crippen LogP contribution is -2.56. The molecule has 21 heavy (non-hydrogen) atoms. The predicted molar refractivity (Wildman–Crippen MR) is 78.1 cm³/mol. The number of aliphatic hydroxyl groups excluding tert-OH is 1. The third kappa shape index (κ3) is 3.09. The maximum atomic E-state index is 12.7. The number of amides is 1. The molecule has 1 aliphatic rings. The van der Waals surface area contributed by atoms with Gasteiger partial charge in [-0.1, -0.05) is 19.1 Å². The van der Waals surface area contributed by atoms with Crippen LogP contribution >= 0.6 is 0 Å². The van der Waals surface area contributed by atoms with Crippen LogP contribution < -0.4 is 5.32 Å². The van der Waals surface area contributed by atoms with Gasteiger partial charge in [0.05, 0.1) is 11.0 Å². The Kier molecular flexibility index (Phi) is 4.65. The van der Waals surface area contributed by atoms with Gasteiger partial charge < -0.3 is 10.4 Å². The molecule has 1 saturated heterocycles. The van der Waals surface area contributed by atoms with Crippen molar-refractivity contribution >= 4 is 15.9 Å². The third-order valence-corrected chi connectivity index (χ3v) is 5.56. The van der Waals surface area contributed by atoms with E-state index in [0.29, 0.717) is 18.5 Å². The van der Waals surface area contributed by atoms with Gasteiger partial charge in [-0.2, -0.15) is 4.31 Å². The van der Waals surface area contributed by atoms with E-state index in [9.17, 15) is 18.3 Å². The molecule has 1 aromatic carbocycles. The highest BCUT2D eigenvalue weighted by atomic mass is 32.2. The van der Waals surface area contributed by atoms with E-state index in [0.717, 1.165) is 0 Å². The standard InChI is InChI=1S/C14H20N2O4S/c1-3-13-14(18)15-8-9-16(13)21(19,20)12-6-4-11(5-7-12)10(2)17/h4-7,10,13,17H,3,8-9H2,1-2H3,(H,15,18). The fraction of sp³-hybridized carbons (Fsp3) is 0.500. The quantitative estimate of drug-likeness (QED) is 0.854. The zero-order chi connectivity index (χ0) is 15.6. The summed E-state index contributed by atoms with van der Waals surface area (Å²) in [5, 5.41) is 12.2. The van der Waals surface area contributed by atoms with E-state index in [-0.39, 0.29) is 17.3 Å². The first-order valence-corrected chi connectivity index (χ1v) is 8.39. The van der Waals surface area contributed by atoms with Gasteiger partial charge in [0.2, 0.25) is 15.9 Å². The highest BCUT2D eigenvalue weighted by molar-refractivity contribution is 7.89. The third-order valence-electron chi connectivity index (χ3n) is 3.64. The van der Waals surface area contributed by atoms with Crippen LogP contribution in [0, 0.1) is 0 Å². The number of sulfonamides is 1. The molecule has 1 aromatic rings. The van der Waals surface area contributed by atoms with E-state index < -0.39 is 22.2 Å². The predicted octanol–water partition coefficient (Wildman–Crippen LogP) is 0.639. The molecular weight excluding hydrogens is 292 g/mol. The van der Waals surface area contributed by atoms with Gasteiger partial charge in [-0.25, -0.2) is 8.42 Å². The van der Waals surface area contributed by atoms with E-state index in [1.807, 2.05) is 0 Å². The number of carbonyl (C=O) groups is 1. The highest BCUT2D eigenvalue weighted by Gasteiger charge is 2.37. The number of aliphatic hydroxyl groups is 1. The summed E-state index contributed by atoms with van der Waals surface area (Å²) in [6.45, 7) is 3.99. The number of nitrogens with one attached hydrogen (secondary N) is 1. The molecule has 2 N–H and O–H groups in total. The molecule has 116 valence electrons. The second kappa shape index (κ2) is 6.13. The van der Waals surface area contributed by atoms with Crippen LogP contribution in [0.2, 0.25) is 0 Å². The normalized spacial score (nSPS) is 21.9. The Bertz CT molecular complexity index is 610. The minimum absolute atomic E-state index is 0.139. The van der Waals surface area contributed by atoms with Crippen LogP contribution in [0.1, 0.15) is 31.9 Å². The number of hydrogen-bond donors (Lipinski definition) is 2. The van der Waals surface area contributed by atoms with Crippen LogP contribution in [-0.2, 0) is 14.8 Å². The van der Waals surface area contributed by atoms with Crippen molar-refractivity contribution in [3.05, 3.63) is 29.8 Å². The zero-order valence-electron chi connectivity index (χ0n) is 12.1. The molecular formula is C14H20N2O4S. The molecule has 6 nitrogen and oxygen atoms in total. The van der Waals surface area contributed by atoms with E-state index in [1.165, 1.54) is 16.4 Å². The Morgan fingerprint density at radius 1 is 1.38 bits per heavy atom. The molecule has 0 aliphatic carbocycles. The molecule has 1 amide bonds. The van der Waals surface area contributed by atoms with Crippen molar-refractivity contribution in [1.29, 1.82) is 0 Å². The summed E-state index contributed by atoms with van der Waals surface area (Å²) in [6.07, 6.45) is -0.220. The van der Waals surface area contributed by atoms with Gasteiger partial charge in [0.15, 0.2) is 0 Å². The highest BCUT2D eigenvalue weighted by Crippen LogP contribution is 2.23. The zero-order valence-corrected chi connectivity index (χ0v) is 12.9. The molecule has 0 saturated carbocycles. The number of benzene rings is 1. The van der Waals surface area contributed by atoms with Gasteiger partial charge in [0.1, 0.15) is 6.04 Å². The van der Waals surface area contributed by atoms with Crippen molar-refractivity contribution in [3.8, 4) is 0 Å². The molecule has 1 fully saturated rings. The number of rotatable bonds is 4. The monoisotopic (exact) mass is 312 g/mol. The fourth-order valence-electron chi connectivity index (χ4n) is 2.42. The van der Waals surface area contributed by atoms with Gasteiger partial charge >= 0.3 is 0 Å². The minimum atomic E-state index is -3.71. The van der Waals surface area contributed by atoms with Gasteiger partial charge in [-0.05, 0) is 31.0 Å². The molecule has 0 aromatic heterocycles. The Balaban J connectivity index is 2.34. The summed E-state index contributed by atoms with van der Waals surface area (Å²) in [6, 6.07) is 5.44. The van der Waals surface area contributed by atoms with Crippen LogP contribution in [0.3, 0.4) is 0 Å². The van der Waals surface area contributed by atoms with Crippen molar-refractivity contribution in [2.24, 2.45) is 0 Å². The summed E-state index contributed by atoms with van der Waals surface area (Å²) in [5.74, 6) is -0.257. The second-order valence-corrected chi connectivity index (χ2v) is 6.97. The van der Waals surface area contributed by atoms with Crippen LogP contribution in [0.15, 0.2) is 29.2 Å². The van der Waals surface area contributed by atoms with E-state index in [2.05, 4.69) is 5.32 Å². The molecule has 2 atom stereocenters. The molecule has 1 aliphatic heterocycles. The Morgan fingerprint density at radius 3 is 2.52 bits per heavy atom. The molecule has 1 heterocycles. The number of carbonyl (C=O) groups excluding carboxylic acids is 1. The molecule has 7 heteroatoms. The van der Waals surface area contributed by atoms with Crippen LogP contribution in [-0.4, -0.2) is 42.9 Å². The summed E-state index contributed by atoms with van der Waals surface area (Å²) >= 11 is 0. The first-order chi connectivity index (χ1) is 9.87. The summed E-state index contributed by atoms with van der Waals surface area (Å²) in [7, 11) is -3.71. The average molecular weight is 312 g/mol. The molecule has 0 spiro atoms. The lowest BCUT2D eigenvalue weighted by molar-refractivity contribution is -0.126. The van der Waals surface area contributed by atoms with Crippen molar-refractivity contribution in [2.75, 3.05) is 13.1 Å². The van der Waals surface area contributed by atoms with E-state index in [4.69, 9.17) is 0 Å². The Morgan fingerprint density at radius 2 is 2.00 bits per heavy atom. The Labute approximate surface area is 124 Å². The molecule has 2 rings (SSSR count). The van der Waals surface area contributed by atoms with Crippen LogP contribution in [0.4, 0.5) is 0 Å². The smallest absolute Gasteiger partial charge is 0.243 e. The van der Waals surface area contributed by atoms with E-state index >= 15 is 0 Å². The summed E-state index contributed by atoms with van der Waals surface area (Å²) in [4.78, 5) is 11.9. The number of hydrogen-bond acceptors (Lipinski definition) is 4. The number of nitrogens with zero attached hydrogens (tertiary/aromatic N) is 1. The van der Waals surface area contributed by atoms with Crippen molar-refractivity contribution in [1.82, 2.24) is 9.62 Å². The van der Waals surface area contributed by atoms with Crippen molar-refractivity contribution < 1.29 is 18.3 Å². The SMILES string of the molecule is CCC1C(=O)NCCN1S(=O)(=O)c1ccc(C(C)O)cc1. The molecule has 0 radical (unpaired) electrons. The first-order valence-electron chi connectivity index (χ1n) is 6.95. The van der Waals surface area contributed by atoms with E-state index in [1.54, 1.807) is 26.0 Å². The average Bonchev–Trinajstić information content (AvgIpc) is 2.47. The lowest BCUT2D eigenvalue weighted by Gasteiger charge is -2.33. The van der Waals surface area contributed by atoms with Crippen LogP contribution in [0.5, 0.6) is 0 Å². The van der Waals surface area contributed by atoms with Gasteiger partial charge in [-0.3, -0.25) is 4.79 Å². The van der Waals surface area contributed by atoms with Crippen molar-refractivity contribution in [2.45, 2.75) is 37.3 Å².